The van der Waals surface area contributed by atoms with Crippen LogP contribution >= 0.6 is 11.6 Å². The van der Waals surface area contributed by atoms with Gasteiger partial charge in [0, 0.05) is 19.3 Å². The van der Waals surface area contributed by atoms with E-state index in [9.17, 15) is 9.59 Å². The lowest BCUT2D eigenvalue weighted by Crippen LogP contribution is -2.35. The van der Waals surface area contributed by atoms with Crippen molar-refractivity contribution in [2.75, 3.05) is 18.4 Å². The molecule has 0 aliphatic heterocycles. The highest BCUT2D eigenvalue weighted by Gasteiger charge is 2.20. The third-order valence-corrected chi connectivity index (χ3v) is 4.76. The highest BCUT2D eigenvalue weighted by molar-refractivity contribution is 6.33. The first-order valence-electron chi connectivity index (χ1n) is 9.65. The maximum absolute atomic E-state index is 12.7. The Morgan fingerprint density at radius 1 is 0.900 bits per heavy atom. The quantitative estimate of drug-likeness (QED) is 0.458. The topological polar surface area (TPSA) is 83.1 Å². The number of benzene rings is 2. The molecule has 3 aromatic rings. The SMILES string of the molecule is O=C(CC(NC(=O)c1ccccc1Cl)c1ccccc1)NCCNc1ccccn1. The molecule has 30 heavy (non-hydrogen) atoms. The number of rotatable bonds is 9. The van der Waals surface area contributed by atoms with Crippen LogP contribution in [0, 0.1) is 0 Å². The molecule has 1 heterocycles. The van der Waals surface area contributed by atoms with Gasteiger partial charge in [0.1, 0.15) is 5.82 Å². The number of nitrogens with zero attached hydrogens (tertiary/aromatic N) is 1. The van der Waals surface area contributed by atoms with Gasteiger partial charge in [-0.25, -0.2) is 4.98 Å². The summed E-state index contributed by atoms with van der Waals surface area (Å²) >= 11 is 6.14. The molecule has 6 nitrogen and oxygen atoms in total. The van der Waals surface area contributed by atoms with Gasteiger partial charge < -0.3 is 16.0 Å². The second kappa shape index (κ2) is 11.0. The van der Waals surface area contributed by atoms with Crippen molar-refractivity contribution in [3.63, 3.8) is 0 Å². The van der Waals surface area contributed by atoms with Gasteiger partial charge in [0.15, 0.2) is 0 Å². The van der Waals surface area contributed by atoms with Crippen LogP contribution < -0.4 is 16.0 Å². The minimum atomic E-state index is -0.473. The maximum atomic E-state index is 12.7. The predicted octanol–water partition coefficient (Wildman–Crippen LogP) is 3.82. The van der Waals surface area contributed by atoms with Gasteiger partial charge in [0.25, 0.3) is 5.91 Å². The zero-order chi connectivity index (χ0) is 21.2. The summed E-state index contributed by atoms with van der Waals surface area (Å²) in [6, 6.07) is 21.3. The average molecular weight is 423 g/mol. The number of carbonyl (C=O) groups excluding carboxylic acids is 2. The lowest BCUT2D eigenvalue weighted by molar-refractivity contribution is -0.121. The van der Waals surface area contributed by atoms with Crippen molar-refractivity contribution in [3.05, 3.63) is 95.1 Å². The summed E-state index contributed by atoms with van der Waals surface area (Å²) in [5.74, 6) is 0.270. The van der Waals surface area contributed by atoms with E-state index in [2.05, 4.69) is 20.9 Å². The van der Waals surface area contributed by atoms with Crippen LogP contribution in [0.5, 0.6) is 0 Å². The molecular weight excluding hydrogens is 400 g/mol. The van der Waals surface area contributed by atoms with E-state index in [-0.39, 0.29) is 18.2 Å². The van der Waals surface area contributed by atoms with E-state index in [1.54, 1.807) is 30.5 Å². The Bertz CT molecular complexity index is 967. The molecule has 0 saturated heterocycles. The Morgan fingerprint density at radius 3 is 2.37 bits per heavy atom. The predicted molar refractivity (Wildman–Crippen MR) is 118 cm³/mol. The largest absolute Gasteiger partial charge is 0.368 e. The Labute approximate surface area is 180 Å². The molecule has 1 atom stereocenters. The van der Waals surface area contributed by atoms with E-state index in [0.29, 0.717) is 23.7 Å². The molecule has 0 bridgehead atoms. The van der Waals surface area contributed by atoms with Crippen LogP contribution in [0.25, 0.3) is 0 Å². The number of hydrogen-bond acceptors (Lipinski definition) is 4. The molecule has 0 aliphatic rings. The summed E-state index contributed by atoms with van der Waals surface area (Å²) in [6.45, 7) is 0.986. The molecular formula is C23H23ClN4O2. The molecule has 154 valence electrons. The lowest BCUT2D eigenvalue weighted by atomic mass is 10.0. The van der Waals surface area contributed by atoms with Crippen molar-refractivity contribution in [3.8, 4) is 0 Å². The lowest BCUT2D eigenvalue weighted by Gasteiger charge is -2.19. The van der Waals surface area contributed by atoms with Crippen LogP contribution in [-0.2, 0) is 4.79 Å². The number of nitrogens with one attached hydrogen (secondary N) is 3. The van der Waals surface area contributed by atoms with Gasteiger partial charge in [0.05, 0.1) is 23.0 Å². The zero-order valence-electron chi connectivity index (χ0n) is 16.3. The average Bonchev–Trinajstić information content (AvgIpc) is 2.78. The molecule has 3 rings (SSSR count). The number of halogens is 1. The fourth-order valence-corrected chi connectivity index (χ4v) is 3.16. The second-order valence-electron chi connectivity index (χ2n) is 6.61. The Balaban J connectivity index is 1.58. The number of aromatic nitrogens is 1. The van der Waals surface area contributed by atoms with Crippen LogP contribution in [-0.4, -0.2) is 29.9 Å². The van der Waals surface area contributed by atoms with Crippen LogP contribution in [0.3, 0.4) is 0 Å². The highest BCUT2D eigenvalue weighted by atomic mass is 35.5. The number of pyridine rings is 1. The minimum absolute atomic E-state index is 0.115. The van der Waals surface area contributed by atoms with E-state index in [1.165, 1.54) is 0 Å². The van der Waals surface area contributed by atoms with E-state index in [4.69, 9.17) is 11.6 Å². The van der Waals surface area contributed by atoms with Crippen molar-refractivity contribution in [1.82, 2.24) is 15.6 Å². The number of anilines is 1. The molecule has 3 N–H and O–H groups in total. The molecule has 0 spiro atoms. The van der Waals surface area contributed by atoms with Gasteiger partial charge in [-0.15, -0.1) is 0 Å². The Hall–Kier alpha value is -3.38. The van der Waals surface area contributed by atoms with Crippen LogP contribution in [0.4, 0.5) is 5.82 Å². The van der Waals surface area contributed by atoms with Crippen molar-refractivity contribution >= 4 is 29.2 Å². The van der Waals surface area contributed by atoms with E-state index >= 15 is 0 Å². The third kappa shape index (κ3) is 6.32. The van der Waals surface area contributed by atoms with Gasteiger partial charge in [-0.3, -0.25) is 9.59 Å². The van der Waals surface area contributed by atoms with Crippen molar-refractivity contribution in [2.24, 2.45) is 0 Å². The smallest absolute Gasteiger partial charge is 0.253 e. The fourth-order valence-electron chi connectivity index (χ4n) is 2.94. The summed E-state index contributed by atoms with van der Waals surface area (Å²) < 4.78 is 0. The van der Waals surface area contributed by atoms with Gasteiger partial charge in [-0.05, 0) is 29.8 Å². The first-order valence-corrected chi connectivity index (χ1v) is 10.0. The van der Waals surface area contributed by atoms with Crippen LogP contribution in [0.1, 0.15) is 28.4 Å². The summed E-state index contributed by atoms with van der Waals surface area (Å²) in [5, 5.41) is 9.30. The number of hydrogen-bond donors (Lipinski definition) is 3. The van der Waals surface area contributed by atoms with E-state index in [0.717, 1.165) is 11.4 Å². The highest BCUT2D eigenvalue weighted by Crippen LogP contribution is 2.20. The van der Waals surface area contributed by atoms with Gasteiger partial charge in [-0.2, -0.15) is 0 Å². The normalized spacial score (nSPS) is 11.4. The maximum Gasteiger partial charge on any atom is 0.253 e. The standard InChI is InChI=1S/C23H23ClN4O2/c24-19-11-5-4-10-18(19)23(30)28-20(17-8-2-1-3-9-17)16-22(29)27-15-14-26-21-12-6-7-13-25-21/h1-13,20H,14-16H2,(H,25,26)(H,27,29)(H,28,30). The second-order valence-corrected chi connectivity index (χ2v) is 7.02. The van der Waals surface area contributed by atoms with Crippen molar-refractivity contribution in [2.45, 2.75) is 12.5 Å². The summed E-state index contributed by atoms with van der Waals surface area (Å²) in [6.07, 6.45) is 1.82. The van der Waals surface area contributed by atoms with Crippen LogP contribution in [0.15, 0.2) is 79.0 Å². The minimum Gasteiger partial charge on any atom is -0.368 e. The van der Waals surface area contributed by atoms with Crippen molar-refractivity contribution in [1.29, 1.82) is 0 Å². The summed E-state index contributed by atoms with van der Waals surface area (Å²) in [5.41, 5.74) is 1.22. The van der Waals surface area contributed by atoms with E-state index in [1.807, 2.05) is 48.5 Å². The van der Waals surface area contributed by atoms with Gasteiger partial charge in [-0.1, -0.05) is 60.1 Å². The molecule has 2 aromatic carbocycles. The molecule has 1 unspecified atom stereocenters. The fraction of sp³-hybridized carbons (Fsp3) is 0.174. The molecule has 7 heteroatoms. The first kappa shape index (κ1) is 21.3. The monoisotopic (exact) mass is 422 g/mol. The molecule has 0 saturated carbocycles. The first-order chi connectivity index (χ1) is 14.6. The summed E-state index contributed by atoms with van der Waals surface area (Å²) in [7, 11) is 0. The molecule has 0 radical (unpaired) electrons. The Kier molecular flexibility index (Phi) is 7.80. The van der Waals surface area contributed by atoms with Gasteiger partial charge in [0.2, 0.25) is 5.91 Å². The number of amides is 2. The molecule has 0 fully saturated rings. The Morgan fingerprint density at radius 2 is 1.63 bits per heavy atom. The number of carbonyl (C=O) groups is 2. The third-order valence-electron chi connectivity index (χ3n) is 4.43. The van der Waals surface area contributed by atoms with Crippen molar-refractivity contribution < 1.29 is 9.59 Å². The summed E-state index contributed by atoms with van der Waals surface area (Å²) in [4.78, 5) is 29.4. The van der Waals surface area contributed by atoms with Gasteiger partial charge >= 0.3 is 0 Å². The molecule has 0 aliphatic carbocycles. The zero-order valence-corrected chi connectivity index (χ0v) is 17.1. The molecule has 2 amide bonds. The van der Waals surface area contributed by atoms with E-state index < -0.39 is 6.04 Å². The van der Waals surface area contributed by atoms with Crippen LogP contribution in [0.2, 0.25) is 5.02 Å². The molecule has 1 aromatic heterocycles.